The predicted molar refractivity (Wildman–Crippen MR) is 88.4 cm³/mol. The Hall–Kier alpha value is -0.990. The predicted octanol–water partition coefficient (Wildman–Crippen LogP) is 4.54. The monoisotopic (exact) mass is 292 g/mol. The first-order valence-corrected chi connectivity index (χ1v) is 7.66. The third-order valence-electron chi connectivity index (χ3n) is 4.01. The first-order valence-electron chi connectivity index (χ1n) is 7.28. The van der Waals surface area contributed by atoms with Crippen LogP contribution >= 0.6 is 11.6 Å². The molecule has 3 heteroatoms. The van der Waals surface area contributed by atoms with Gasteiger partial charge >= 0.3 is 0 Å². The molecule has 1 heterocycles. The maximum atomic E-state index is 6.42. The lowest BCUT2D eigenvalue weighted by molar-refractivity contribution is 0.472. The van der Waals surface area contributed by atoms with Gasteiger partial charge in [0.2, 0.25) is 0 Å². The fourth-order valence-electron chi connectivity index (χ4n) is 2.63. The molecule has 2 nitrogen and oxygen atoms in total. The average molecular weight is 293 g/mol. The van der Waals surface area contributed by atoms with Crippen molar-refractivity contribution in [3.8, 4) is 0 Å². The molecular weight excluding hydrogens is 268 g/mol. The number of nitrogens with two attached hydrogens (primary N) is 1. The molecule has 20 heavy (non-hydrogen) atoms. The van der Waals surface area contributed by atoms with Gasteiger partial charge < -0.3 is 10.6 Å². The van der Waals surface area contributed by atoms with Crippen LogP contribution < -0.4 is 10.6 Å². The van der Waals surface area contributed by atoms with E-state index in [1.54, 1.807) is 0 Å². The lowest BCUT2D eigenvalue weighted by Crippen LogP contribution is -2.31. The highest BCUT2D eigenvalue weighted by Crippen LogP contribution is 2.34. The first kappa shape index (κ1) is 15.4. The minimum atomic E-state index is 0.0234. The van der Waals surface area contributed by atoms with Gasteiger partial charge in [-0.3, -0.25) is 0 Å². The van der Waals surface area contributed by atoms with Crippen molar-refractivity contribution >= 4 is 17.3 Å². The molecule has 1 atom stereocenters. The summed E-state index contributed by atoms with van der Waals surface area (Å²) in [5.41, 5.74) is 9.90. The second kappa shape index (κ2) is 5.79. The molecule has 0 saturated carbocycles. The van der Waals surface area contributed by atoms with Crippen LogP contribution in [0, 0.1) is 5.41 Å². The maximum absolute atomic E-state index is 6.42. The van der Waals surface area contributed by atoms with Gasteiger partial charge in [-0.15, -0.1) is 0 Å². The Balaban J connectivity index is 2.17. The van der Waals surface area contributed by atoms with E-state index in [0.29, 0.717) is 0 Å². The highest BCUT2D eigenvalue weighted by atomic mass is 35.5. The Labute approximate surface area is 127 Å². The van der Waals surface area contributed by atoms with Gasteiger partial charge in [0, 0.05) is 19.1 Å². The van der Waals surface area contributed by atoms with Crippen LogP contribution in [0.3, 0.4) is 0 Å². The molecular formula is C17H25ClN2. The number of halogens is 1. The fourth-order valence-corrected chi connectivity index (χ4v) is 2.94. The molecule has 0 amide bonds. The van der Waals surface area contributed by atoms with Gasteiger partial charge in [0.15, 0.2) is 0 Å². The molecule has 1 aliphatic heterocycles. The molecule has 0 fully saturated rings. The van der Waals surface area contributed by atoms with Crippen LogP contribution in [0.5, 0.6) is 0 Å². The molecule has 1 aliphatic rings. The minimum absolute atomic E-state index is 0.0234. The van der Waals surface area contributed by atoms with Crippen LogP contribution in [0.15, 0.2) is 29.8 Å². The van der Waals surface area contributed by atoms with Crippen molar-refractivity contribution in [3.63, 3.8) is 0 Å². The Bertz CT molecular complexity index is 512. The van der Waals surface area contributed by atoms with Gasteiger partial charge in [0.25, 0.3) is 0 Å². The maximum Gasteiger partial charge on any atom is 0.0643 e. The molecule has 2 rings (SSSR count). The molecule has 1 aromatic carbocycles. The lowest BCUT2D eigenvalue weighted by atomic mass is 9.83. The number of nitrogens with zero attached hydrogens (tertiary/aromatic N) is 1. The third-order valence-corrected chi connectivity index (χ3v) is 4.31. The van der Waals surface area contributed by atoms with E-state index in [-0.39, 0.29) is 11.5 Å². The zero-order valence-corrected chi connectivity index (χ0v) is 13.7. The molecule has 0 aliphatic carbocycles. The molecule has 2 N–H and O–H groups in total. The Morgan fingerprint density at radius 3 is 2.45 bits per heavy atom. The van der Waals surface area contributed by atoms with E-state index >= 15 is 0 Å². The van der Waals surface area contributed by atoms with Crippen molar-refractivity contribution in [2.24, 2.45) is 11.1 Å². The van der Waals surface area contributed by atoms with Crippen molar-refractivity contribution < 1.29 is 0 Å². The Kier molecular flexibility index (Phi) is 4.46. The summed E-state index contributed by atoms with van der Waals surface area (Å²) in [5.74, 6) is 0. The summed E-state index contributed by atoms with van der Waals surface area (Å²) >= 11 is 6.42. The van der Waals surface area contributed by atoms with Crippen molar-refractivity contribution in [3.05, 3.63) is 40.4 Å². The van der Waals surface area contributed by atoms with E-state index in [0.717, 1.165) is 35.8 Å². The summed E-state index contributed by atoms with van der Waals surface area (Å²) in [6.07, 6.45) is 3.45. The summed E-state index contributed by atoms with van der Waals surface area (Å²) in [5, 5.41) is 0.799. The number of benzene rings is 1. The highest BCUT2D eigenvalue weighted by molar-refractivity contribution is 6.33. The lowest BCUT2D eigenvalue weighted by Gasteiger charge is -2.34. The van der Waals surface area contributed by atoms with Crippen molar-refractivity contribution in [2.75, 3.05) is 18.0 Å². The summed E-state index contributed by atoms with van der Waals surface area (Å²) < 4.78 is 0. The van der Waals surface area contributed by atoms with E-state index in [9.17, 15) is 0 Å². The van der Waals surface area contributed by atoms with Crippen molar-refractivity contribution in [2.45, 2.75) is 40.2 Å². The summed E-state index contributed by atoms with van der Waals surface area (Å²) in [7, 11) is 0. The summed E-state index contributed by atoms with van der Waals surface area (Å²) in [6.45, 7) is 10.8. The number of hydrogen-bond acceptors (Lipinski definition) is 2. The first-order chi connectivity index (χ1) is 9.29. The standard InChI is InChI=1S/C17H25ClN2/c1-12(19)13-5-6-16(15(18)11-13)20-9-7-14(8-10-20)17(2,3)4/h5-7,11-12H,8-10,19H2,1-4H3. The topological polar surface area (TPSA) is 29.3 Å². The summed E-state index contributed by atoms with van der Waals surface area (Å²) in [4.78, 5) is 2.34. The second-order valence-corrected chi connectivity index (χ2v) is 7.08. The van der Waals surface area contributed by atoms with E-state index < -0.39 is 0 Å². The van der Waals surface area contributed by atoms with Crippen LogP contribution in [0.1, 0.15) is 45.7 Å². The van der Waals surface area contributed by atoms with Gasteiger partial charge in [0.05, 0.1) is 10.7 Å². The molecule has 1 aromatic rings. The zero-order valence-electron chi connectivity index (χ0n) is 12.9. The van der Waals surface area contributed by atoms with Crippen LogP contribution in [0.4, 0.5) is 5.69 Å². The zero-order chi connectivity index (χ0) is 14.9. The summed E-state index contributed by atoms with van der Waals surface area (Å²) in [6, 6.07) is 6.19. The molecule has 0 radical (unpaired) electrons. The Morgan fingerprint density at radius 1 is 1.30 bits per heavy atom. The Morgan fingerprint density at radius 2 is 2.00 bits per heavy atom. The smallest absolute Gasteiger partial charge is 0.0643 e. The van der Waals surface area contributed by atoms with Crippen LogP contribution in [0.2, 0.25) is 5.02 Å². The van der Waals surface area contributed by atoms with E-state index in [4.69, 9.17) is 17.3 Å². The average Bonchev–Trinajstić information content (AvgIpc) is 2.37. The third kappa shape index (κ3) is 3.36. The van der Waals surface area contributed by atoms with E-state index in [2.05, 4.69) is 43.9 Å². The van der Waals surface area contributed by atoms with Crippen LogP contribution in [-0.2, 0) is 0 Å². The molecule has 110 valence electrons. The van der Waals surface area contributed by atoms with Crippen LogP contribution in [0.25, 0.3) is 0 Å². The molecule has 0 saturated heterocycles. The highest BCUT2D eigenvalue weighted by Gasteiger charge is 2.22. The number of rotatable bonds is 2. The molecule has 0 bridgehead atoms. The minimum Gasteiger partial charge on any atom is -0.366 e. The van der Waals surface area contributed by atoms with Gasteiger partial charge in [0.1, 0.15) is 0 Å². The normalized spacial score (nSPS) is 17.9. The fraction of sp³-hybridized carbons (Fsp3) is 0.529. The SMILES string of the molecule is CC(N)c1ccc(N2CC=C(C(C)(C)C)CC2)c(Cl)c1. The van der Waals surface area contributed by atoms with Crippen LogP contribution in [-0.4, -0.2) is 13.1 Å². The van der Waals surface area contributed by atoms with Gasteiger partial charge in [-0.05, 0) is 36.5 Å². The van der Waals surface area contributed by atoms with Gasteiger partial charge in [-0.1, -0.05) is 50.1 Å². The molecule has 1 unspecified atom stereocenters. The van der Waals surface area contributed by atoms with E-state index in [1.165, 1.54) is 5.57 Å². The van der Waals surface area contributed by atoms with E-state index in [1.807, 2.05) is 13.0 Å². The van der Waals surface area contributed by atoms with Gasteiger partial charge in [-0.25, -0.2) is 0 Å². The molecule has 0 spiro atoms. The number of anilines is 1. The largest absolute Gasteiger partial charge is 0.366 e. The number of hydrogen-bond donors (Lipinski definition) is 1. The molecule has 0 aromatic heterocycles. The quantitative estimate of drug-likeness (QED) is 0.811. The second-order valence-electron chi connectivity index (χ2n) is 6.67. The van der Waals surface area contributed by atoms with Crippen molar-refractivity contribution in [1.29, 1.82) is 0 Å². The van der Waals surface area contributed by atoms with Crippen molar-refractivity contribution in [1.82, 2.24) is 0 Å². The van der Waals surface area contributed by atoms with Gasteiger partial charge in [-0.2, -0.15) is 0 Å².